The van der Waals surface area contributed by atoms with E-state index >= 15 is 0 Å². The lowest BCUT2D eigenvalue weighted by Gasteiger charge is -2.15. The Morgan fingerprint density at radius 2 is 2.00 bits per heavy atom. The second-order valence-corrected chi connectivity index (χ2v) is 4.38. The van der Waals surface area contributed by atoms with Gasteiger partial charge in [0.2, 0.25) is 17.7 Å². The van der Waals surface area contributed by atoms with Crippen LogP contribution < -0.4 is 15.8 Å². The molecule has 0 aromatic heterocycles. The SMILES string of the molecule is COc1cc(N)ccc1NC(=O)CN1C(=O)CCC1=O. The predicted molar refractivity (Wildman–Crippen MR) is 72.0 cm³/mol. The molecule has 1 aliphatic heterocycles. The lowest BCUT2D eigenvalue weighted by Crippen LogP contribution is -2.36. The first-order chi connectivity index (χ1) is 9.51. The first-order valence-corrected chi connectivity index (χ1v) is 6.08. The van der Waals surface area contributed by atoms with Gasteiger partial charge in [-0.3, -0.25) is 19.3 Å². The molecule has 2 rings (SSSR count). The summed E-state index contributed by atoms with van der Waals surface area (Å²) in [5.74, 6) is -0.696. The minimum atomic E-state index is -0.461. The van der Waals surface area contributed by atoms with E-state index in [2.05, 4.69) is 5.32 Å². The number of amides is 3. The van der Waals surface area contributed by atoms with Gasteiger partial charge < -0.3 is 15.8 Å². The molecule has 106 valence electrons. The first-order valence-electron chi connectivity index (χ1n) is 6.08. The maximum absolute atomic E-state index is 11.9. The number of rotatable bonds is 4. The molecule has 7 heteroatoms. The van der Waals surface area contributed by atoms with Crippen molar-refractivity contribution in [1.29, 1.82) is 0 Å². The molecule has 1 aromatic rings. The van der Waals surface area contributed by atoms with Gasteiger partial charge in [0.05, 0.1) is 12.8 Å². The number of ether oxygens (including phenoxy) is 1. The third-order valence-electron chi connectivity index (χ3n) is 2.96. The average molecular weight is 277 g/mol. The number of benzene rings is 1. The van der Waals surface area contributed by atoms with Crippen LogP contribution in [-0.4, -0.2) is 36.3 Å². The number of imide groups is 1. The predicted octanol–water partition coefficient (Wildman–Crippen LogP) is 0.365. The van der Waals surface area contributed by atoms with Crippen LogP contribution in [0.15, 0.2) is 18.2 Å². The van der Waals surface area contributed by atoms with Crippen molar-refractivity contribution >= 4 is 29.1 Å². The Bertz CT molecular complexity index is 555. The van der Waals surface area contributed by atoms with E-state index in [0.717, 1.165) is 4.90 Å². The van der Waals surface area contributed by atoms with E-state index in [4.69, 9.17) is 10.5 Å². The fraction of sp³-hybridized carbons (Fsp3) is 0.308. The van der Waals surface area contributed by atoms with E-state index in [1.54, 1.807) is 18.2 Å². The maximum Gasteiger partial charge on any atom is 0.244 e. The van der Waals surface area contributed by atoms with Gasteiger partial charge in [-0.25, -0.2) is 0 Å². The second kappa shape index (κ2) is 5.60. The Kier molecular flexibility index (Phi) is 3.88. The van der Waals surface area contributed by atoms with E-state index in [1.165, 1.54) is 7.11 Å². The van der Waals surface area contributed by atoms with Crippen LogP contribution in [0.4, 0.5) is 11.4 Å². The summed E-state index contributed by atoms with van der Waals surface area (Å²) in [6, 6.07) is 4.78. The highest BCUT2D eigenvalue weighted by Crippen LogP contribution is 2.26. The van der Waals surface area contributed by atoms with Gasteiger partial charge in [-0.15, -0.1) is 0 Å². The monoisotopic (exact) mass is 277 g/mol. The van der Waals surface area contributed by atoms with Crippen LogP contribution in [0.25, 0.3) is 0 Å². The molecule has 3 amide bonds. The van der Waals surface area contributed by atoms with Crippen LogP contribution in [0.3, 0.4) is 0 Å². The first kappa shape index (κ1) is 13.9. The van der Waals surface area contributed by atoms with E-state index in [0.29, 0.717) is 17.1 Å². The van der Waals surface area contributed by atoms with Crippen molar-refractivity contribution in [1.82, 2.24) is 4.90 Å². The highest BCUT2D eigenvalue weighted by atomic mass is 16.5. The smallest absolute Gasteiger partial charge is 0.244 e. The fourth-order valence-corrected chi connectivity index (χ4v) is 1.94. The van der Waals surface area contributed by atoms with Crippen LogP contribution in [0, 0.1) is 0 Å². The van der Waals surface area contributed by atoms with Gasteiger partial charge in [0, 0.05) is 24.6 Å². The Hall–Kier alpha value is -2.57. The third kappa shape index (κ3) is 2.87. The number of nitrogens with two attached hydrogens (primary N) is 1. The molecule has 1 heterocycles. The molecule has 3 N–H and O–H groups in total. The van der Waals surface area contributed by atoms with E-state index in [1.807, 2.05) is 0 Å². The number of carbonyl (C=O) groups is 3. The largest absolute Gasteiger partial charge is 0.494 e. The van der Waals surface area contributed by atoms with Crippen molar-refractivity contribution in [3.05, 3.63) is 18.2 Å². The molecular weight excluding hydrogens is 262 g/mol. The Morgan fingerprint density at radius 1 is 1.35 bits per heavy atom. The number of likely N-dealkylation sites (tertiary alicyclic amines) is 1. The zero-order valence-corrected chi connectivity index (χ0v) is 11.0. The number of nitrogens with one attached hydrogen (secondary N) is 1. The number of methoxy groups -OCH3 is 1. The summed E-state index contributed by atoms with van der Waals surface area (Å²) in [4.78, 5) is 35.7. The van der Waals surface area contributed by atoms with Crippen LogP contribution in [0.1, 0.15) is 12.8 Å². The van der Waals surface area contributed by atoms with Gasteiger partial charge in [-0.2, -0.15) is 0 Å². The van der Waals surface area contributed by atoms with Gasteiger partial charge in [-0.1, -0.05) is 0 Å². The molecule has 1 fully saturated rings. The van der Waals surface area contributed by atoms with Gasteiger partial charge in [0.1, 0.15) is 12.3 Å². The van der Waals surface area contributed by atoms with Crippen molar-refractivity contribution < 1.29 is 19.1 Å². The Labute approximate surface area is 115 Å². The molecule has 20 heavy (non-hydrogen) atoms. The van der Waals surface area contributed by atoms with Crippen LogP contribution in [0.2, 0.25) is 0 Å². The fourth-order valence-electron chi connectivity index (χ4n) is 1.94. The van der Waals surface area contributed by atoms with E-state index < -0.39 is 5.91 Å². The summed E-state index contributed by atoms with van der Waals surface area (Å²) in [5, 5.41) is 2.59. The van der Waals surface area contributed by atoms with Crippen molar-refractivity contribution in [3.63, 3.8) is 0 Å². The number of hydrogen-bond acceptors (Lipinski definition) is 5. The Balaban J connectivity index is 2.05. The molecule has 1 aliphatic rings. The minimum Gasteiger partial charge on any atom is -0.494 e. The normalized spacial score (nSPS) is 14.6. The molecule has 0 atom stereocenters. The summed E-state index contributed by atoms with van der Waals surface area (Å²) >= 11 is 0. The summed E-state index contributed by atoms with van der Waals surface area (Å²) in [6.07, 6.45) is 0.328. The van der Waals surface area contributed by atoms with Crippen LogP contribution in [-0.2, 0) is 14.4 Å². The zero-order valence-electron chi connectivity index (χ0n) is 11.0. The molecule has 0 unspecified atom stereocenters. The molecule has 1 aromatic carbocycles. The maximum atomic E-state index is 11.9. The van der Waals surface area contributed by atoms with Gasteiger partial charge in [0.15, 0.2) is 0 Å². The lowest BCUT2D eigenvalue weighted by molar-refractivity contribution is -0.141. The van der Waals surface area contributed by atoms with E-state index in [9.17, 15) is 14.4 Å². The summed E-state index contributed by atoms with van der Waals surface area (Å²) in [7, 11) is 1.46. The van der Waals surface area contributed by atoms with Crippen molar-refractivity contribution in [3.8, 4) is 5.75 Å². The van der Waals surface area contributed by atoms with Gasteiger partial charge in [-0.05, 0) is 12.1 Å². The summed E-state index contributed by atoms with van der Waals surface area (Å²) in [5.41, 5.74) is 6.55. The molecule has 0 aliphatic carbocycles. The summed E-state index contributed by atoms with van der Waals surface area (Å²) in [6.45, 7) is -0.287. The molecule has 7 nitrogen and oxygen atoms in total. The van der Waals surface area contributed by atoms with Crippen molar-refractivity contribution in [2.45, 2.75) is 12.8 Å². The molecule has 0 saturated carbocycles. The van der Waals surface area contributed by atoms with E-state index in [-0.39, 0.29) is 31.2 Å². The molecular formula is C13H15N3O4. The lowest BCUT2D eigenvalue weighted by atomic mass is 10.2. The number of carbonyl (C=O) groups excluding carboxylic acids is 3. The molecule has 1 saturated heterocycles. The second-order valence-electron chi connectivity index (χ2n) is 4.38. The van der Waals surface area contributed by atoms with Crippen molar-refractivity contribution in [2.75, 3.05) is 24.7 Å². The highest BCUT2D eigenvalue weighted by molar-refractivity contribution is 6.06. The summed E-state index contributed by atoms with van der Waals surface area (Å²) < 4.78 is 5.10. The standard InChI is InChI=1S/C13H15N3O4/c1-20-10-6-8(14)2-3-9(10)15-11(17)7-16-12(18)4-5-13(16)19/h2-3,6H,4-5,7,14H2,1H3,(H,15,17). The van der Waals surface area contributed by atoms with Crippen LogP contribution >= 0.6 is 0 Å². The van der Waals surface area contributed by atoms with Gasteiger partial charge >= 0.3 is 0 Å². The Morgan fingerprint density at radius 3 is 2.60 bits per heavy atom. The van der Waals surface area contributed by atoms with Gasteiger partial charge in [0.25, 0.3) is 0 Å². The minimum absolute atomic E-state index is 0.164. The topological polar surface area (TPSA) is 102 Å². The molecule has 0 radical (unpaired) electrons. The van der Waals surface area contributed by atoms with Crippen molar-refractivity contribution in [2.24, 2.45) is 0 Å². The molecule has 0 spiro atoms. The zero-order chi connectivity index (χ0) is 14.7. The third-order valence-corrected chi connectivity index (χ3v) is 2.96. The average Bonchev–Trinajstić information content (AvgIpc) is 2.72. The quantitative estimate of drug-likeness (QED) is 0.611. The number of nitrogens with zero attached hydrogens (tertiary/aromatic N) is 1. The number of anilines is 2. The number of hydrogen-bond donors (Lipinski definition) is 2. The number of nitrogen functional groups attached to an aromatic ring is 1. The van der Waals surface area contributed by atoms with Crippen LogP contribution in [0.5, 0.6) is 5.75 Å². The highest BCUT2D eigenvalue weighted by Gasteiger charge is 2.30. The molecule has 0 bridgehead atoms.